The Morgan fingerprint density at radius 1 is 0.660 bits per heavy atom. The van der Waals surface area contributed by atoms with Crippen LogP contribution in [0.5, 0.6) is 0 Å². The summed E-state index contributed by atoms with van der Waals surface area (Å²) in [6.45, 7) is 3.71. The monoisotopic (exact) mass is 718 g/mol. The maximum absolute atomic E-state index is 13.9. The summed E-state index contributed by atoms with van der Waals surface area (Å²) in [7, 11) is 0. The Labute approximate surface area is 303 Å². The van der Waals surface area contributed by atoms with Crippen LogP contribution in [0.3, 0.4) is 0 Å². The molecule has 0 saturated carbocycles. The van der Waals surface area contributed by atoms with Crippen LogP contribution in [-0.4, -0.2) is 43.9 Å². The van der Waals surface area contributed by atoms with Gasteiger partial charge in [-0.1, -0.05) is 78.9 Å². The number of halogens is 1. The maximum Gasteiger partial charge on any atom is 0.307 e. The van der Waals surface area contributed by atoms with Gasteiger partial charge in [-0.15, -0.1) is 0 Å². The summed E-state index contributed by atoms with van der Waals surface area (Å²) in [5, 5.41) is 23.7. The molecule has 6 rings (SSSR count). The van der Waals surface area contributed by atoms with Gasteiger partial charge in [0, 0.05) is 11.1 Å². The number of rotatable bonds is 12. The zero-order valence-electron chi connectivity index (χ0n) is 28.7. The highest BCUT2D eigenvalue weighted by Gasteiger charge is 2.24. The molecule has 0 aliphatic heterocycles. The second-order valence-corrected chi connectivity index (χ2v) is 11.9. The highest BCUT2D eigenvalue weighted by molar-refractivity contribution is 5.93. The van der Waals surface area contributed by atoms with Gasteiger partial charge in [0.05, 0.1) is 24.9 Å². The van der Waals surface area contributed by atoms with Crippen LogP contribution in [0.2, 0.25) is 0 Å². The van der Waals surface area contributed by atoms with Gasteiger partial charge < -0.3 is 29.7 Å². The van der Waals surface area contributed by atoms with Gasteiger partial charge in [-0.3, -0.25) is 19.2 Å². The average molecular weight is 719 g/mol. The molecule has 4 aromatic carbocycles. The number of nitrogens with one attached hydrogen (secondary N) is 2. The van der Waals surface area contributed by atoms with Crippen molar-refractivity contribution in [3.63, 3.8) is 0 Å². The topological polar surface area (TPSA) is 185 Å². The molecule has 0 radical (unpaired) electrons. The van der Waals surface area contributed by atoms with Crippen molar-refractivity contribution < 1.29 is 42.6 Å². The third-order valence-electron chi connectivity index (χ3n) is 8.10. The lowest BCUT2D eigenvalue weighted by Crippen LogP contribution is -2.30. The normalized spacial score (nSPS) is 11.8. The number of aromatic nitrogens is 2. The van der Waals surface area contributed by atoms with Crippen LogP contribution in [0.15, 0.2) is 124 Å². The highest BCUT2D eigenvalue weighted by Crippen LogP contribution is 2.25. The number of aliphatic carboxylic acids is 2. The van der Waals surface area contributed by atoms with Crippen molar-refractivity contribution in [3.05, 3.63) is 155 Å². The fourth-order valence-corrected chi connectivity index (χ4v) is 5.50. The lowest BCUT2D eigenvalue weighted by molar-refractivity contribution is -0.138. The number of carboxylic acid groups (broad SMARTS) is 2. The molecule has 2 amide bonds. The zero-order valence-corrected chi connectivity index (χ0v) is 28.7. The maximum atomic E-state index is 13.9. The Morgan fingerprint density at radius 2 is 1.19 bits per heavy atom. The van der Waals surface area contributed by atoms with E-state index in [1.165, 1.54) is 24.7 Å². The summed E-state index contributed by atoms with van der Waals surface area (Å²) in [6.07, 6.45) is 1.94. The third kappa shape index (κ3) is 9.88. The zero-order chi connectivity index (χ0) is 37.9. The summed E-state index contributed by atoms with van der Waals surface area (Å²) >= 11 is 0. The molecule has 12 nitrogen and oxygen atoms in total. The van der Waals surface area contributed by atoms with E-state index in [4.69, 9.17) is 8.83 Å². The number of carboxylic acids is 2. The number of benzene rings is 4. The second-order valence-electron chi connectivity index (χ2n) is 11.9. The summed E-state index contributed by atoms with van der Waals surface area (Å²) in [6, 6.07) is 28.4. The molecule has 6 aromatic rings. The minimum atomic E-state index is -1.05. The van der Waals surface area contributed by atoms with E-state index < -0.39 is 41.7 Å². The molecule has 2 atom stereocenters. The minimum Gasteiger partial charge on any atom is -0.481 e. The number of oxazole rings is 2. The Morgan fingerprint density at radius 3 is 1.75 bits per heavy atom. The molecule has 2 heterocycles. The van der Waals surface area contributed by atoms with E-state index in [0.717, 1.165) is 22.3 Å². The van der Waals surface area contributed by atoms with Crippen molar-refractivity contribution in [1.82, 2.24) is 20.6 Å². The molecular formula is C40H35FN4O8. The van der Waals surface area contributed by atoms with Crippen LogP contribution in [0.4, 0.5) is 4.39 Å². The van der Waals surface area contributed by atoms with Gasteiger partial charge in [0.1, 0.15) is 24.0 Å². The van der Waals surface area contributed by atoms with Crippen LogP contribution < -0.4 is 10.6 Å². The number of amides is 2. The van der Waals surface area contributed by atoms with Crippen LogP contribution in [0.25, 0.3) is 22.7 Å². The first-order chi connectivity index (χ1) is 25.5. The molecule has 0 bridgehead atoms. The fourth-order valence-electron chi connectivity index (χ4n) is 5.50. The van der Waals surface area contributed by atoms with E-state index in [1.54, 1.807) is 30.3 Å². The van der Waals surface area contributed by atoms with Gasteiger partial charge >= 0.3 is 17.8 Å². The van der Waals surface area contributed by atoms with E-state index in [1.807, 2.05) is 74.5 Å². The first kappa shape index (κ1) is 37.4. The standard InChI is InChI=1S/C20H17FN2O4.C20H18N2O4/c1-12-6-2-3-7-13(12)16(10-18(24)25)22-19(26)20-23-17(11-27-20)14-8-4-5-9-15(14)21;1-13-7-5-6-10-15(13)16(11-18(23)24)21-19(25)17-12-26-20(22-17)14-8-3-2-4-9-14/h2-9,11,16H,10H2,1H3,(H,22,26)(H,24,25);2-10,12,16H,11H2,1H3,(H,21,25)(H,23,24)/t2*16-/m00/s1. The fraction of sp³-hybridized carbons (Fsp3) is 0.150. The first-order valence-electron chi connectivity index (χ1n) is 16.4. The molecule has 0 spiro atoms. The number of carbonyl (C=O) groups is 4. The summed E-state index contributed by atoms with van der Waals surface area (Å²) < 4.78 is 24.4. The third-order valence-corrected chi connectivity index (χ3v) is 8.10. The molecule has 53 heavy (non-hydrogen) atoms. The molecule has 4 N–H and O–H groups in total. The Bertz CT molecular complexity index is 2220. The average Bonchev–Trinajstić information content (AvgIpc) is 3.84. The highest BCUT2D eigenvalue weighted by atomic mass is 19.1. The molecule has 0 aliphatic rings. The van der Waals surface area contributed by atoms with Gasteiger partial charge in [0.25, 0.3) is 11.8 Å². The van der Waals surface area contributed by atoms with Gasteiger partial charge in [-0.25, -0.2) is 14.4 Å². The summed E-state index contributed by atoms with van der Waals surface area (Å²) in [4.78, 5) is 55.7. The number of hydrogen-bond donors (Lipinski definition) is 4. The van der Waals surface area contributed by atoms with Crippen LogP contribution in [0.1, 0.15) is 68.4 Å². The number of aryl methyl sites for hydroxylation is 2. The molecule has 0 fully saturated rings. The van der Waals surface area contributed by atoms with E-state index in [2.05, 4.69) is 20.6 Å². The Hall–Kier alpha value is -6.89. The lowest BCUT2D eigenvalue weighted by atomic mass is 9.98. The van der Waals surface area contributed by atoms with Crippen molar-refractivity contribution in [1.29, 1.82) is 0 Å². The van der Waals surface area contributed by atoms with E-state index in [9.17, 15) is 33.8 Å². The molecule has 13 heteroatoms. The minimum absolute atomic E-state index is 0.104. The molecule has 0 unspecified atom stereocenters. The van der Waals surface area contributed by atoms with E-state index in [-0.39, 0.29) is 35.7 Å². The van der Waals surface area contributed by atoms with Crippen LogP contribution in [0, 0.1) is 19.7 Å². The Balaban J connectivity index is 0.000000204. The summed E-state index contributed by atoms with van der Waals surface area (Å²) in [5.74, 6) is -3.62. The molecule has 270 valence electrons. The largest absolute Gasteiger partial charge is 0.481 e. The van der Waals surface area contributed by atoms with Crippen LogP contribution >= 0.6 is 0 Å². The van der Waals surface area contributed by atoms with E-state index in [0.29, 0.717) is 11.5 Å². The number of hydrogen-bond acceptors (Lipinski definition) is 8. The lowest BCUT2D eigenvalue weighted by Gasteiger charge is -2.18. The second kappa shape index (κ2) is 17.4. The molecule has 0 saturated heterocycles. The quantitative estimate of drug-likeness (QED) is 0.0999. The van der Waals surface area contributed by atoms with Crippen molar-refractivity contribution in [2.24, 2.45) is 0 Å². The first-order valence-corrected chi connectivity index (χ1v) is 16.4. The molecule has 2 aromatic heterocycles. The van der Waals surface area contributed by atoms with Gasteiger partial charge in [0.15, 0.2) is 5.69 Å². The SMILES string of the molecule is Cc1ccccc1[C@H](CC(=O)O)NC(=O)c1coc(-c2ccccc2)n1.Cc1ccccc1[C@H](CC(=O)O)NC(=O)c1nc(-c2ccccc2F)co1. The molecule has 0 aliphatic carbocycles. The van der Waals surface area contributed by atoms with E-state index >= 15 is 0 Å². The number of nitrogens with zero attached hydrogens (tertiary/aromatic N) is 2. The predicted octanol–water partition coefficient (Wildman–Crippen LogP) is 7.33. The summed E-state index contributed by atoms with van der Waals surface area (Å²) in [5.41, 5.74) is 4.46. The van der Waals surface area contributed by atoms with Crippen molar-refractivity contribution in [3.8, 4) is 22.7 Å². The van der Waals surface area contributed by atoms with Crippen molar-refractivity contribution in [2.45, 2.75) is 38.8 Å². The van der Waals surface area contributed by atoms with Gasteiger partial charge in [-0.2, -0.15) is 0 Å². The smallest absolute Gasteiger partial charge is 0.307 e. The van der Waals surface area contributed by atoms with Crippen LogP contribution in [-0.2, 0) is 9.59 Å². The van der Waals surface area contributed by atoms with Gasteiger partial charge in [0.2, 0.25) is 5.89 Å². The Kier molecular flexibility index (Phi) is 12.2. The van der Waals surface area contributed by atoms with Crippen molar-refractivity contribution >= 4 is 23.8 Å². The molecular weight excluding hydrogens is 683 g/mol. The number of carbonyl (C=O) groups excluding carboxylic acids is 2. The van der Waals surface area contributed by atoms with Crippen molar-refractivity contribution in [2.75, 3.05) is 0 Å². The predicted molar refractivity (Wildman–Crippen MR) is 191 cm³/mol. The van der Waals surface area contributed by atoms with Gasteiger partial charge in [-0.05, 0) is 60.4 Å².